The minimum Gasteiger partial charge on any atom is -0.394 e. The fourth-order valence-corrected chi connectivity index (χ4v) is 1.26. The number of hydrogen-bond donors (Lipinski definition) is 3. The van der Waals surface area contributed by atoms with Crippen LogP contribution < -0.4 is 0 Å². The van der Waals surface area contributed by atoms with Gasteiger partial charge < -0.3 is 20.1 Å². The summed E-state index contributed by atoms with van der Waals surface area (Å²) in [5, 5.41) is 27.3. The molecule has 1 heterocycles. The zero-order valence-electron chi connectivity index (χ0n) is 6.55. The van der Waals surface area contributed by atoms with Crippen LogP contribution >= 0.6 is 0 Å². The maximum absolute atomic E-state index is 9.31. The first-order valence-corrected chi connectivity index (χ1v) is 3.76. The molecule has 4 nitrogen and oxygen atoms in total. The minimum atomic E-state index is -1.03. The molecule has 0 aromatic carbocycles. The number of hydrogen-bond acceptors (Lipinski definition) is 4. The summed E-state index contributed by atoms with van der Waals surface area (Å²) in [4.78, 5) is 0. The largest absolute Gasteiger partial charge is 0.394 e. The van der Waals surface area contributed by atoms with E-state index in [9.17, 15) is 10.2 Å². The van der Waals surface area contributed by atoms with Crippen molar-refractivity contribution < 1.29 is 20.1 Å². The molecule has 0 radical (unpaired) electrons. The Bertz CT molecular complexity index is 186. The van der Waals surface area contributed by atoms with E-state index in [4.69, 9.17) is 16.3 Å². The maximum atomic E-state index is 9.31. The number of ether oxygens (including phenoxy) is 1. The van der Waals surface area contributed by atoms with Gasteiger partial charge in [-0.1, -0.05) is 0 Å². The highest BCUT2D eigenvalue weighted by Crippen LogP contribution is 2.22. The Morgan fingerprint density at radius 1 is 1.25 bits per heavy atom. The smallest absolute Gasteiger partial charge is 0.111 e. The molecule has 4 heteroatoms. The normalized spacial score (nSPS) is 41.2. The Morgan fingerprint density at radius 2 is 1.83 bits per heavy atom. The molecule has 0 saturated carbocycles. The van der Waals surface area contributed by atoms with Gasteiger partial charge in [0.2, 0.25) is 0 Å². The summed E-state index contributed by atoms with van der Waals surface area (Å²) >= 11 is 0. The van der Waals surface area contributed by atoms with Gasteiger partial charge in [-0.05, 0) is 0 Å². The van der Waals surface area contributed by atoms with E-state index in [2.05, 4.69) is 5.92 Å². The molecule has 0 amide bonds. The highest BCUT2D eigenvalue weighted by Gasteiger charge is 2.41. The molecule has 1 rings (SSSR count). The summed E-state index contributed by atoms with van der Waals surface area (Å²) in [6, 6.07) is 0. The molecule has 4 atom stereocenters. The van der Waals surface area contributed by atoms with Crippen molar-refractivity contribution in [1.29, 1.82) is 0 Å². The van der Waals surface area contributed by atoms with Gasteiger partial charge in [0.15, 0.2) is 0 Å². The Kier molecular flexibility index (Phi) is 3.06. The lowest BCUT2D eigenvalue weighted by molar-refractivity contribution is -0.0203. The molecule has 0 aliphatic carbocycles. The Balaban J connectivity index is 2.55. The fourth-order valence-electron chi connectivity index (χ4n) is 1.26. The lowest BCUT2D eigenvalue weighted by Crippen LogP contribution is -2.33. The van der Waals surface area contributed by atoms with E-state index in [1.54, 1.807) is 0 Å². The first-order chi connectivity index (χ1) is 5.70. The molecule has 68 valence electrons. The van der Waals surface area contributed by atoms with Crippen LogP contribution in [0.25, 0.3) is 0 Å². The van der Waals surface area contributed by atoms with Gasteiger partial charge in [0.25, 0.3) is 0 Å². The molecule has 0 unspecified atom stereocenters. The second kappa shape index (κ2) is 3.87. The van der Waals surface area contributed by atoms with Crippen LogP contribution in [-0.2, 0) is 4.74 Å². The summed E-state index contributed by atoms with van der Waals surface area (Å²) in [5.74, 6) is 2.33. The van der Waals surface area contributed by atoms with Gasteiger partial charge >= 0.3 is 0 Å². The summed E-state index contributed by atoms with van der Waals surface area (Å²) in [5.41, 5.74) is 0. The van der Waals surface area contributed by atoms with E-state index in [1.165, 1.54) is 0 Å². The first-order valence-electron chi connectivity index (χ1n) is 3.76. The van der Waals surface area contributed by atoms with Gasteiger partial charge in [0, 0.05) is 6.42 Å². The van der Waals surface area contributed by atoms with Crippen LogP contribution in [0.2, 0.25) is 0 Å². The third-order valence-corrected chi connectivity index (χ3v) is 1.96. The molecule has 3 N–H and O–H groups in total. The number of terminal acetylenes is 1. The minimum absolute atomic E-state index is 0.245. The van der Waals surface area contributed by atoms with Crippen molar-refractivity contribution in [2.45, 2.75) is 30.8 Å². The highest BCUT2D eigenvalue weighted by atomic mass is 16.6. The van der Waals surface area contributed by atoms with Crippen LogP contribution in [0.5, 0.6) is 0 Å². The molecule has 0 aromatic heterocycles. The molecule has 1 saturated heterocycles. The van der Waals surface area contributed by atoms with Gasteiger partial charge in [-0.2, -0.15) is 0 Å². The fraction of sp³-hybridized carbons (Fsp3) is 0.750. The summed E-state index contributed by atoms with van der Waals surface area (Å²) in [7, 11) is 0. The van der Waals surface area contributed by atoms with Crippen LogP contribution in [0, 0.1) is 12.3 Å². The van der Waals surface area contributed by atoms with Crippen molar-refractivity contribution in [2.24, 2.45) is 0 Å². The predicted octanol–water partition coefficient (Wildman–Crippen LogP) is -1.51. The summed E-state index contributed by atoms with van der Waals surface area (Å²) in [6.07, 6.45) is 1.98. The lowest BCUT2D eigenvalue weighted by Gasteiger charge is -2.10. The van der Waals surface area contributed by atoms with Crippen LogP contribution in [0.3, 0.4) is 0 Å². The van der Waals surface area contributed by atoms with Crippen LogP contribution in [0.4, 0.5) is 0 Å². The van der Waals surface area contributed by atoms with Gasteiger partial charge in [-0.25, -0.2) is 0 Å². The van der Waals surface area contributed by atoms with E-state index in [0.717, 1.165) is 0 Å². The highest BCUT2D eigenvalue weighted by molar-refractivity contribution is 4.97. The third-order valence-electron chi connectivity index (χ3n) is 1.96. The van der Waals surface area contributed by atoms with Crippen molar-refractivity contribution >= 4 is 0 Å². The van der Waals surface area contributed by atoms with Crippen LogP contribution in [0.1, 0.15) is 6.42 Å². The first kappa shape index (κ1) is 9.49. The van der Waals surface area contributed by atoms with Gasteiger partial charge in [-0.15, -0.1) is 12.3 Å². The predicted molar refractivity (Wildman–Crippen MR) is 41.2 cm³/mol. The molecule has 0 bridgehead atoms. The van der Waals surface area contributed by atoms with E-state index >= 15 is 0 Å². The Morgan fingerprint density at radius 3 is 2.25 bits per heavy atom. The van der Waals surface area contributed by atoms with Gasteiger partial charge in [-0.3, -0.25) is 0 Å². The zero-order chi connectivity index (χ0) is 9.14. The molecular formula is C8H12O4. The number of aliphatic hydroxyl groups excluding tert-OH is 3. The molecule has 1 aliphatic heterocycles. The second-order valence-electron chi connectivity index (χ2n) is 2.78. The standard InChI is InChI=1S/C8H12O4/c1-2-3-5-7(10)8(11)6(4-9)12-5/h1,5-11H,3-4H2/t5-,6+,7+,8+/m0/s1. The van der Waals surface area contributed by atoms with E-state index in [1.807, 2.05) is 0 Å². The van der Waals surface area contributed by atoms with Crippen molar-refractivity contribution in [3.63, 3.8) is 0 Å². The molecule has 0 spiro atoms. The van der Waals surface area contributed by atoms with Crippen LogP contribution in [-0.4, -0.2) is 46.3 Å². The maximum Gasteiger partial charge on any atom is 0.111 e. The second-order valence-corrected chi connectivity index (χ2v) is 2.78. The topological polar surface area (TPSA) is 69.9 Å². The summed E-state index contributed by atoms with van der Waals surface area (Å²) < 4.78 is 5.08. The Hall–Kier alpha value is -0.600. The van der Waals surface area contributed by atoms with E-state index in [0.29, 0.717) is 0 Å². The number of rotatable bonds is 2. The van der Waals surface area contributed by atoms with Crippen molar-refractivity contribution in [3.05, 3.63) is 0 Å². The van der Waals surface area contributed by atoms with Crippen molar-refractivity contribution in [3.8, 4) is 12.3 Å². The average molecular weight is 172 g/mol. The molecule has 0 aromatic rings. The molecule has 1 fully saturated rings. The number of aliphatic hydroxyl groups is 3. The summed E-state index contributed by atoms with van der Waals surface area (Å²) in [6.45, 7) is -0.306. The van der Waals surface area contributed by atoms with Gasteiger partial charge in [0.1, 0.15) is 18.3 Å². The quantitative estimate of drug-likeness (QED) is 0.443. The third kappa shape index (κ3) is 1.59. The van der Waals surface area contributed by atoms with Crippen molar-refractivity contribution in [1.82, 2.24) is 0 Å². The van der Waals surface area contributed by atoms with E-state index in [-0.39, 0.29) is 13.0 Å². The van der Waals surface area contributed by atoms with Gasteiger partial charge in [0.05, 0.1) is 12.7 Å². The van der Waals surface area contributed by atoms with Crippen LogP contribution in [0.15, 0.2) is 0 Å². The lowest BCUT2D eigenvalue weighted by atomic mass is 10.1. The SMILES string of the molecule is C#CC[C@@H]1O[C@H](CO)[C@@H](O)[C@@H]1O. The molecular weight excluding hydrogens is 160 g/mol. The monoisotopic (exact) mass is 172 g/mol. The zero-order valence-corrected chi connectivity index (χ0v) is 6.55. The molecule has 12 heavy (non-hydrogen) atoms. The molecule has 1 aliphatic rings. The van der Waals surface area contributed by atoms with Crippen molar-refractivity contribution in [2.75, 3.05) is 6.61 Å². The Labute approximate surface area is 70.8 Å². The van der Waals surface area contributed by atoms with E-state index < -0.39 is 24.4 Å². The average Bonchev–Trinajstić information content (AvgIpc) is 2.33.